The molecule has 0 spiro atoms. The number of rotatable bonds is 7. The number of hydrogen-bond acceptors (Lipinski definition) is 6. The summed E-state index contributed by atoms with van der Waals surface area (Å²) in [5, 5.41) is 12.0. The fraction of sp³-hybridized carbons (Fsp3) is 0.391. The average molecular weight is 393 g/mol. The highest BCUT2D eigenvalue weighted by Crippen LogP contribution is 2.21. The predicted molar refractivity (Wildman–Crippen MR) is 112 cm³/mol. The van der Waals surface area contributed by atoms with Gasteiger partial charge < -0.3 is 14.5 Å². The van der Waals surface area contributed by atoms with Crippen LogP contribution in [0.2, 0.25) is 0 Å². The van der Waals surface area contributed by atoms with Crippen LogP contribution in [-0.2, 0) is 17.8 Å². The minimum Gasteiger partial charge on any atom is -0.419 e. The summed E-state index contributed by atoms with van der Waals surface area (Å²) in [5.41, 5.74) is 4.79. The van der Waals surface area contributed by atoms with Gasteiger partial charge in [-0.15, -0.1) is 10.2 Å². The first-order valence-corrected chi connectivity index (χ1v) is 10.2. The van der Waals surface area contributed by atoms with E-state index in [0.717, 1.165) is 45.0 Å². The zero-order valence-corrected chi connectivity index (χ0v) is 17.1. The minimum atomic E-state index is -0.0295. The van der Waals surface area contributed by atoms with Crippen molar-refractivity contribution in [3.05, 3.63) is 71.1 Å². The van der Waals surface area contributed by atoms with Gasteiger partial charge in [0.25, 0.3) is 0 Å². The molecule has 0 saturated carbocycles. The van der Waals surface area contributed by atoms with E-state index in [1.54, 1.807) is 0 Å². The molecule has 1 saturated heterocycles. The Hall–Kier alpha value is -2.54. The van der Waals surface area contributed by atoms with Crippen molar-refractivity contribution in [2.45, 2.75) is 33.0 Å². The SMILES string of the molecule is Cc1ccc(-c2nnc([C@@H](C)NCc3ccccc3CN3CCOCC3)o2)cc1. The van der Waals surface area contributed by atoms with Gasteiger partial charge in [-0.3, -0.25) is 4.90 Å². The summed E-state index contributed by atoms with van der Waals surface area (Å²) >= 11 is 0. The highest BCUT2D eigenvalue weighted by atomic mass is 16.5. The lowest BCUT2D eigenvalue weighted by atomic mass is 10.1. The summed E-state index contributed by atoms with van der Waals surface area (Å²) in [7, 11) is 0. The zero-order chi connectivity index (χ0) is 20.1. The molecule has 1 aliphatic rings. The molecule has 1 fully saturated rings. The molecule has 0 unspecified atom stereocenters. The second-order valence-electron chi connectivity index (χ2n) is 7.57. The van der Waals surface area contributed by atoms with E-state index in [2.05, 4.69) is 58.5 Å². The fourth-order valence-electron chi connectivity index (χ4n) is 3.46. The quantitative estimate of drug-likeness (QED) is 0.661. The van der Waals surface area contributed by atoms with Gasteiger partial charge in [-0.25, -0.2) is 0 Å². The molecule has 0 aliphatic carbocycles. The van der Waals surface area contributed by atoms with E-state index < -0.39 is 0 Å². The summed E-state index contributed by atoms with van der Waals surface area (Å²) in [6, 6.07) is 16.7. The number of nitrogens with one attached hydrogen (secondary N) is 1. The van der Waals surface area contributed by atoms with Crippen molar-refractivity contribution in [2.24, 2.45) is 0 Å². The molecule has 2 aromatic carbocycles. The second-order valence-corrected chi connectivity index (χ2v) is 7.57. The van der Waals surface area contributed by atoms with Gasteiger partial charge in [0, 0.05) is 31.7 Å². The highest BCUT2D eigenvalue weighted by molar-refractivity contribution is 5.52. The van der Waals surface area contributed by atoms with Gasteiger partial charge in [0.05, 0.1) is 19.3 Å². The Morgan fingerprint density at radius 3 is 2.48 bits per heavy atom. The molecule has 1 aliphatic heterocycles. The van der Waals surface area contributed by atoms with E-state index in [-0.39, 0.29) is 6.04 Å². The molecule has 6 heteroatoms. The number of nitrogens with zero attached hydrogens (tertiary/aromatic N) is 3. The standard InChI is InChI=1S/C23H28N4O2/c1-17-7-9-19(10-8-17)23-26-25-22(29-23)18(2)24-15-20-5-3-4-6-21(20)16-27-11-13-28-14-12-27/h3-10,18,24H,11-16H2,1-2H3/t18-/m1/s1. The van der Waals surface area contributed by atoms with E-state index in [1.807, 2.05) is 24.3 Å². The van der Waals surface area contributed by atoms with Crippen LogP contribution in [0, 0.1) is 6.92 Å². The third kappa shape index (κ3) is 5.09. The molecule has 6 nitrogen and oxygen atoms in total. The first-order valence-electron chi connectivity index (χ1n) is 10.2. The van der Waals surface area contributed by atoms with Gasteiger partial charge in [-0.05, 0) is 37.1 Å². The minimum absolute atomic E-state index is 0.0295. The first-order chi connectivity index (χ1) is 14.2. The average Bonchev–Trinajstić information content (AvgIpc) is 3.24. The summed E-state index contributed by atoms with van der Waals surface area (Å²) in [6.07, 6.45) is 0. The Bertz CT molecular complexity index is 917. The maximum absolute atomic E-state index is 5.90. The Morgan fingerprint density at radius 2 is 1.72 bits per heavy atom. The lowest BCUT2D eigenvalue weighted by Crippen LogP contribution is -2.36. The van der Waals surface area contributed by atoms with E-state index in [9.17, 15) is 0 Å². The molecular formula is C23H28N4O2. The predicted octanol–water partition coefficient (Wildman–Crippen LogP) is 3.73. The molecule has 2 heterocycles. The van der Waals surface area contributed by atoms with Crippen molar-refractivity contribution in [1.82, 2.24) is 20.4 Å². The molecule has 1 N–H and O–H groups in total. The van der Waals surface area contributed by atoms with Crippen molar-refractivity contribution < 1.29 is 9.15 Å². The van der Waals surface area contributed by atoms with Gasteiger partial charge in [0.2, 0.25) is 11.8 Å². The van der Waals surface area contributed by atoms with E-state index in [0.29, 0.717) is 11.8 Å². The van der Waals surface area contributed by atoms with Gasteiger partial charge in [0.15, 0.2) is 0 Å². The number of aromatic nitrogens is 2. The summed E-state index contributed by atoms with van der Waals surface area (Å²) < 4.78 is 11.4. The molecule has 0 bridgehead atoms. The van der Waals surface area contributed by atoms with E-state index in [1.165, 1.54) is 16.7 Å². The Labute approximate surface area is 171 Å². The van der Waals surface area contributed by atoms with Crippen LogP contribution in [0.5, 0.6) is 0 Å². The van der Waals surface area contributed by atoms with Crippen LogP contribution in [0.25, 0.3) is 11.5 Å². The summed E-state index contributed by atoms with van der Waals surface area (Å²) in [4.78, 5) is 2.44. The van der Waals surface area contributed by atoms with Crippen molar-refractivity contribution >= 4 is 0 Å². The number of morpholine rings is 1. The molecular weight excluding hydrogens is 364 g/mol. The van der Waals surface area contributed by atoms with E-state index >= 15 is 0 Å². The Kier molecular flexibility index (Phi) is 6.34. The number of aryl methyl sites for hydroxylation is 1. The normalized spacial score (nSPS) is 16.1. The van der Waals surface area contributed by atoms with Crippen molar-refractivity contribution in [3.63, 3.8) is 0 Å². The molecule has 1 aromatic heterocycles. The summed E-state index contributed by atoms with van der Waals surface area (Å²) in [5.74, 6) is 1.16. The number of hydrogen-bond donors (Lipinski definition) is 1. The van der Waals surface area contributed by atoms with Crippen molar-refractivity contribution in [1.29, 1.82) is 0 Å². The lowest BCUT2D eigenvalue weighted by Gasteiger charge is -2.27. The van der Waals surface area contributed by atoms with Crippen molar-refractivity contribution in [2.75, 3.05) is 26.3 Å². The molecule has 152 valence electrons. The van der Waals surface area contributed by atoms with Crippen LogP contribution in [0.3, 0.4) is 0 Å². The molecule has 4 rings (SSSR count). The van der Waals surface area contributed by atoms with Crippen molar-refractivity contribution in [3.8, 4) is 11.5 Å². The zero-order valence-electron chi connectivity index (χ0n) is 17.1. The summed E-state index contributed by atoms with van der Waals surface area (Å²) in [6.45, 7) is 9.43. The number of ether oxygens (including phenoxy) is 1. The monoisotopic (exact) mass is 392 g/mol. The molecule has 3 aromatic rings. The molecule has 1 atom stereocenters. The second kappa shape index (κ2) is 9.31. The topological polar surface area (TPSA) is 63.4 Å². The molecule has 29 heavy (non-hydrogen) atoms. The third-order valence-electron chi connectivity index (χ3n) is 5.32. The maximum atomic E-state index is 5.90. The third-order valence-corrected chi connectivity index (χ3v) is 5.32. The smallest absolute Gasteiger partial charge is 0.247 e. The van der Waals surface area contributed by atoms with Gasteiger partial charge in [0.1, 0.15) is 0 Å². The van der Waals surface area contributed by atoms with Gasteiger partial charge >= 0.3 is 0 Å². The fourth-order valence-corrected chi connectivity index (χ4v) is 3.46. The van der Waals surface area contributed by atoms with Crippen LogP contribution >= 0.6 is 0 Å². The van der Waals surface area contributed by atoms with Crippen LogP contribution in [0.15, 0.2) is 52.9 Å². The van der Waals surface area contributed by atoms with Crippen LogP contribution in [0.1, 0.15) is 35.5 Å². The van der Waals surface area contributed by atoms with E-state index in [4.69, 9.17) is 9.15 Å². The molecule has 0 radical (unpaired) electrons. The van der Waals surface area contributed by atoms with Gasteiger partial charge in [-0.1, -0.05) is 42.0 Å². The van der Waals surface area contributed by atoms with Crippen LogP contribution < -0.4 is 5.32 Å². The van der Waals surface area contributed by atoms with Gasteiger partial charge in [-0.2, -0.15) is 0 Å². The molecule has 0 amide bonds. The maximum Gasteiger partial charge on any atom is 0.247 e. The lowest BCUT2D eigenvalue weighted by molar-refractivity contribution is 0.0340. The van der Waals surface area contributed by atoms with Crippen LogP contribution in [0.4, 0.5) is 0 Å². The number of benzene rings is 2. The Balaban J connectivity index is 1.38. The largest absolute Gasteiger partial charge is 0.419 e. The highest BCUT2D eigenvalue weighted by Gasteiger charge is 2.16. The van der Waals surface area contributed by atoms with Crippen LogP contribution in [-0.4, -0.2) is 41.4 Å². The Morgan fingerprint density at radius 1 is 1.00 bits per heavy atom. The first kappa shape index (κ1) is 19.8.